The number of ether oxygens (including phenoxy) is 4. The van der Waals surface area contributed by atoms with Crippen LogP contribution in [0.15, 0.2) is 72.8 Å². The fourth-order valence-corrected chi connectivity index (χ4v) is 7.14. The van der Waals surface area contributed by atoms with Crippen LogP contribution in [-0.2, 0) is 37.5 Å². The number of esters is 1. The standard InChI is InChI=1S/C44H46N10O9/c1-8-53-33(18-25(3)49-53)39(55)47-43-46-32-21-29(42(59)62-7)23-35(61-6)37(32)51(43)16-10-11-17-52-38-31(45-44(52)48-40(56)34-19-26(4)50-54(34)9-2)20-28(41(57)58)22-36(38)63-24-27-12-14-30(60-5)15-13-27/h10-15,18-23H,8-9,16-17,24H2,1-7H3,(H,57,58)(H,45,48,56)(H,46,47,55)/b11-10+. The zero-order chi connectivity index (χ0) is 44.9. The predicted octanol–water partition coefficient (Wildman–Crippen LogP) is 6.28. The molecule has 4 aromatic heterocycles. The Morgan fingerprint density at radius 3 is 1.67 bits per heavy atom. The molecule has 3 N–H and O–H groups in total. The normalized spacial score (nSPS) is 11.3. The summed E-state index contributed by atoms with van der Waals surface area (Å²) in [6, 6.07) is 16.5. The molecule has 0 atom stereocenters. The van der Waals surface area contributed by atoms with Crippen LogP contribution in [0.1, 0.15) is 72.5 Å². The summed E-state index contributed by atoms with van der Waals surface area (Å²) in [5.41, 5.74) is 4.46. The molecular weight excluding hydrogens is 813 g/mol. The van der Waals surface area contributed by atoms with Crippen molar-refractivity contribution in [2.75, 3.05) is 32.0 Å². The van der Waals surface area contributed by atoms with Crippen LogP contribution in [0.2, 0.25) is 0 Å². The number of methoxy groups -OCH3 is 3. The second-order valence-corrected chi connectivity index (χ2v) is 14.3. The average molecular weight is 859 g/mol. The Labute approximate surface area is 360 Å². The number of carbonyl (C=O) groups is 4. The van der Waals surface area contributed by atoms with E-state index >= 15 is 0 Å². The number of anilines is 2. The highest BCUT2D eigenvalue weighted by atomic mass is 16.5. The molecule has 0 unspecified atom stereocenters. The molecule has 19 nitrogen and oxygen atoms in total. The maximum atomic E-state index is 13.8. The molecular formula is C44H46N10O9. The number of carboxylic acids is 1. The molecule has 3 aromatic carbocycles. The van der Waals surface area contributed by atoms with Crippen molar-refractivity contribution in [1.82, 2.24) is 38.7 Å². The fraction of sp³-hybridized carbons (Fsp3) is 0.273. The number of allylic oxidation sites excluding steroid dienone is 2. The Bertz CT molecular complexity index is 2900. The van der Waals surface area contributed by atoms with Gasteiger partial charge in [0, 0.05) is 26.2 Å². The number of carboxylic acid groups (broad SMARTS) is 1. The molecule has 0 spiro atoms. The molecule has 0 saturated carbocycles. The van der Waals surface area contributed by atoms with E-state index in [0.717, 1.165) is 5.56 Å². The maximum Gasteiger partial charge on any atom is 0.338 e. The highest BCUT2D eigenvalue weighted by molar-refractivity contribution is 6.05. The van der Waals surface area contributed by atoms with Crippen molar-refractivity contribution in [3.05, 3.63) is 112 Å². The molecule has 7 rings (SSSR count). The van der Waals surface area contributed by atoms with E-state index in [9.17, 15) is 24.3 Å². The van der Waals surface area contributed by atoms with Crippen LogP contribution >= 0.6 is 0 Å². The van der Waals surface area contributed by atoms with Gasteiger partial charge in [0.25, 0.3) is 11.8 Å². The van der Waals surface area contributed by atoms with Crippen molar-refractivity contribution >= 4 is 57.7 Å². The van der Waals surface area contributed by atoms with Gasteiger partial charge in [-0.15, -0.1) is 0 Å². The maximum absolute atomic E-state index is 13.8. The molecule has 2 amide bonds. The first-order chi connectivity index (χ1) is 30.3. The van der Waals surface area contributed by atoms with Gasteiger partial charge in [-0.3, -0.25) is 29.6 Å². The Balaban J connectivity index is 1.29. The van der Waals surface area contributed by atoms with E-state index in [-0.39, 0.29) is 54.0 Å². The molecule has 0 aliphatic heterocycles. The SMILES string of the molecule is CCn1nc(C)cc1C(=O)Nc1nc2cc(C(=O)OC)cc(OC)c2n1C/C=C/Cn1c(NC(=O)c2cc(C)nn2CC)nc2cc(C(=O)O)cc(OCc3ccc(OC)cc3)c21. The number of aromatic nitrogens is 8. The lowest BCUT2D eigenvalue weighted by atomic mass is 10.1. The monoisotopic (exact) mass is 858 g/mol. The molecule has 326 valence electrons. The van der Waals surface area contributed by atoms with Crippen LogP contribution in [-0.4, -0.2) is 88.9 Å². The second-order valence-electron chi connectivity index (χ2n) is 14.3. The van der Waals surface area contributed by atoms with Gasteiger partial charge in [-0.2, -0.15) is 10.2 Å². The number of imidazole rings is 2. The third-order valence-electron chi connectivity index (χ3n) is 10.1. The van der Waals surface area contributed by atoms with E-state index < -0.39 is 23.8 Å². The average Bonchev–Trinajstić information content (AvgIpc) is 4.05. The summed E-state index contributed by atoms with van der Waals surface area (Å²) in [6.45, 7) is 8.58. The first-order valence-corrected chi connectivity index (χ1v) is 19.9. The molecule has 0 fully saturated rings. The van der Waals surface area contributed by atoms with E-state index in [1.165, 1.54) is 32.4 Å². The van der Waals surface area contributed by atoms with Crippen molar-refractivity contribution in [2.45, 2.75) is 60.5 Å². The van der Waals surface area contributed by atoms with E-state index in [0.29, 0.717) is 63.9 Å². The zero-order valence-corrected chi connectivity index (χ0v) is 35.8. The fourth-order valence-electron chi connectivity index (χ4n) is 7.14. The predicted molar refractivity (Wildman–Crippen MR) is 232 cm³/mol. The first-order valence-electron chi connectivity index (χ1n) is 19.9. The van der Waals surface area contributed by atoms with Crippen LogP contribution in [0.5, 0.6) is 17.2 Å². The van der Waals surface area contributed by atoms with Crippen molar-refractivity contribution in [2.24, 2.45) is 0 Å². The summed E-state index contributed by atoms with van der Waals surface area (Å²) in [5.74, 6) is -1.21. The lowest BCUT2D eigenvalue weighted by Gasteiger charge is -2.13. The van der Waals surface area contributed by atoms with Gasteiger partial charge in [-0.1, -0.05) is 24.3 Å². The molecule has 63 heavy (non-hydrogen) atoms. The van der Waals surface area contributed by atoms with E-state index in [4.69, 9.17) is 28.9 Å². The number of nitrogens with zero attached hydrogens (tertiary/aromatic N) is 8. The minimum Gasteiger partial charge on any atom is -0.497 e. The van der Waals surface area contributed by atoms with Gasteiger partial charge < -0.3 is 33.2 Å². The van der Waals surface area contributed by atoms with Crippen LogP contribution in [0.25, 0.3) is 22.1 Å². The summed E-state index contributed by atoms with van der Waals surface area (Å²) in [6.07, 6.45) is 3.64. The van der Waals surface area contributed by atoms with Crippen molar-refractivity contribution in [3.8, 4) is 17.2 Å². The Morgan fingerprint density at radius 1 is 0.683 bits per heavy atom. The Hall–Kier alpha value is -7.96. The minimum atomic E-state index is -1.19. The van der Waals surface area contributed by atoms with Gasteiger partial charge in [0.2, 0.25) is 11.9 Å². The number of carbonyl (C=O) groups excluding carboxylic acids is 3. The van der Waals surface area contributed by atoms with E-state index in [1.54, 1.807) is 69.8 Å². The molecule has 0 saturated heterocycles. The van der Waals surface area contributed by atoms with Gasteiger partial charge in [0.15, 0.2) is 0 Å². The molecule has 4 heterocycles. The first kappa shape index (κ1) is 43.1. The number of benzene rings is 3. The summed E-state index contributed by atoms with van der Waals surface area (Å²) in [7, 11) is 4.31. The molecule has 0 bridgehead atoms. The second kappa shape index (κ2) is 18.3. The number of nitrogens with one attached hydrogen (secondary N) is 2. The summed E-state index contributed by atoms with van der Waals surface area (Å²) >= 11 is 0. The summed E-state index contributed by atoms with van der Waals surface area (Å²) < 4.78 is 28.9. The van der Waals surface area contributed by atoms with E-state index in [1.807, 2.05) is 38.1 Å². The minimum absolute atomic E-state index is 0.0620. The molecule has 0 aliphatic carbocycles. The van der Waals surface area contributed by atoms with Crippen LogP contribution in [0.3, 0.4) is 0 Å². The van der Waals surface area contributed by atoms with Gasteiger partial charge in [-0.05, 0) is 81.8 Å². The van der Waals surface area contributed by atoms with E-state index in [2.05, 4.69) is 20.8 Å². The number of rotatable bonds is 17. The van der Waals surface area contributed by atoms with Crippen LogP contribution in [0, 0.1) is 13.8 Å². The number of amides is 2. The third-order valence-corrected chi connectivity index (χ3v) is 10.1. The third kappa shape index (κ3) is 8.93. The number of aryl methyl sites for hydroxylation is 4. The van der Waals surface area contributed by atoms with Crippen molar-refractivity contribution in [1.29, 1.82) is 0 Å². The van der Waals surface area contributed by atoms with Gasteiger partial charge in [0.05, 0.1) is 54.9 Å². The van der Waals surface area contributed by atoms with Gasteiger partial charge in [-0.25, -0.2) is 19.6 Å². The number of hydrogen-bond acceptors (Lipinski definition) is 12. The number of fused-ring (bicyclic) bond motifs is 2. The number of hydrogen-bond donors (Lipinski definition) is 3. The van der Waals surface area contributed by atoms with Gasteiger partial charge in [0.1, 0.15) is 46.3 Å². The molecule has 0 aliphatic rings. The van der Waals surface area contributed by atoms with Gasteiger partial charge >= 0.3 is 11.9 Å². The van der Waals surface area contributed by atoms with Crippen LogP contribution in [0.4, 0.5) is 11.9 Å². The summed E-state index contributed by atoms with van der Waals surface area (Å²) in [5, 5.41) is 24.7. The Kier molecular flexibility index (Phi) is 12.6. The summed E-state index contributed by atoms with van der Waals surface area (Å²) in [4.78, 5) is 61.9. The lowest BCUT2D eigenvalue weighted by molar-refractivity contribution is 0.0599. The lowest BCUT2D eigenvalue weighted by Crippen LogP contribution is -2.20. The van der Waals surface area contributed by atoms with Crippen molar-refractivity contribution < 1.29 is 43.2 Å². The highest BCUT2D eigenvalue weighted by Crippen LogP contribution is 2.34. The van der Waals surface area contributed by atoms with Crippen LogP contribution < -0.4 is 24.8 Å². The highest BCUT2D eigenvalue weighted by Gasteiger charge is 2.24. The zero-order valence-electron chi connectivity index (χ0n) is 35.8. The molecule has 0 radical (unpaired) electrons. The molecule has 7 aromatic rings. The largest absolute Gasteiger partial charge is 0.497 e. The topological polar surface area (TPSA) is 221 Å². The van der Waals surface area contributed by atoms with Crippen molar-refractivity contribution in [3.63, 3.8) is 0 Å². The Morgan fingerprint density at radius 2 is 1.19 bits per heavy atom. The number of aromatic carboxylic acids is 1. The molecule has 19 heteroatoms. The smallest absolute Gasteiger partial charge is 0.338 e. The quantitative estimate of drug-likeness (QED) is 0.0679.